The number of aliphatic hydroxyl groups is 1. The van der Waals surface area contributed by atoms with E-state index < -0.39 is 18.1 Å². The molecule has 1 saturated heterocycles. The molecular formula is C12H22N2O4. The molecule has 1 aliphatic rings. The van der Waals surface area contributed by atoms with Gasteiger partial charge in [-0.05, 0) is 13.0 Å². The molecule has 0 aromatic heterocycles. The molecule has 0 aromatic carbocycles. The first kappa shape index (κ1) is 14.9. The minimum absolute atomic E-state index is 0.130. The summed E-state index contributed by atoms with van der Waals surface area (Å²) < 4.78 is 0. The van der Waals surface area contributed by atoms with Gasteiger partial charge in [0.25, 0.3) is 0 Å². The van der Waals surface area contributed by atoms with Gasteiger partial charge in [0.05, 0.1) is 6.10 Å². The molecule has 0 radical (unpaired) electrons. The van der Waals surface area contributed by atoms with Crippen molar-refractivity contribution >= 4 is 11.9 Å². The molecule has 0 unspecified atom stereocenters. The quantitative estimate of drug-likeness (QED) is 0.575. The highest BCUT2D eigenvalue weighted by Gasteiger charge is 2.38. The zero-order valence-corrected chi connectivity index (χ0v) is 10.9. The molecule has 1 aliphatic heterocycles. The molecule has 2 atom stereocenters. The SMILES string of the molecule is CC(C)NCCCC(=O)N1C[C@@H](O)C[C@H]1C(=O)O. The van der Waals surface area contributed by atoms with E-state index >= 15 is 0 Å². The fourth-order valence-corrected chi connectivity index (χ4v) is 2.10. The van der Waals surface area contributed by atoms with Crippen molar-refractivity contribution in [3.05, 3.63) is 0 Å². The van der Waals surface area contributed by atoms with E-state index in [0.717, 1.165) is 6.54 Å². The van der Waals surface area contributed by atoms with Crippen LogP contribution >= 0.6 is 0 Å². The number of likely N-dealkylation sites (tertiary alicyclic amines) is 1. The van der Waals surface area contributed by atoms with Crippen molar-refractivity contribution in [1.82, 2.24) is 10.2 Å². The lowest BCUT2D eigenvalue weighted by atomic mass is 10.2. The lowest BCUT2D eigenvalue weighted by molar-refractivity contribution is -0.148. The Morgan fingerprint density at radius 3 is 2.67 bits per heavy atom. The van der Waals surface area contributed by atoms with Crippen LogP contribution in [0.25, 0.3) is 0 Å². The third-order valence-electron chi connectivity index (χ3n) is 3.00. The fraction of sp³-hybridized carbons (Fsp3) is 0.833. The van der Waals surface area contributed by atoms with E-state index in [2.05, 4.69) is 5.32 Å². The van der Waals surface area contributed by atoms with E-state index in [-0.39, 0.29) is 18.9 Å². The van der Waals surface area contributed by atoms with Crippen molar-refractivity contribution in [3.63, 3.8) is 0 Å². The van der Waals surface area contributed by atoms with Gasteiger partial charge in [0, 0.05) is 25.4 Å². The summed E-state index contributed by atoms with van der Waals surface area (Å²) in [4.78, 5) is 24.1. The second kappa shape index (κ2) is 6.70. The van der Waals surface area contributed by atoms with E-state index in [9.17, 15) is 14.7 Å². The minimum Gasteiger partial charge on any atom is -0.480 e. The molecule has 18 heavy (non-hydrogen) atoms. The summed E-state index contributed by atoms with van der Waals surface area (Å²) in [6.45, 7) is 4.92. The Morgan fingerprint density at radius 2 is 2.11 bits per heavy atom. The summed E-state index contributed by atoms with van der Waals surface area (Å²) in [6.07, 6.45) is 0.404. The molecule has 1 fully saturated rings. The van der Waals surface area contributed by atoms with Crippen LogP contribution in [0.15, 0.2) is 0 Å². The van der Waals surface area contributed by atoms with Crippen molar-refractivity contribution in [2.75, 3.05) is 13.1 Å². The number of aliphatic carboxylic acids is 1. The number of β-amino-alcohol motifs (C(OH)–C–C–N with tert-alkyl or cyclic N) is 1. The average molecular weight is 258 g/mol. The topological polar surface area (TPSA) is 89.9 Å². The summed E-state index contributed by atoms with van der Waals surface area (Å²) in [5.74, 6) is -1.23. The maximum absolute atomic E-state index is 11.9. The number of aliphatic hydroxyl groups excluding tert-OH is 1. The van der Waals surface area contributed by atoms with Gasteiger partial charge in [-0.25, -0.2) is 4.79 Å². The van der Waals surface area contributed by atoms with Gasteiger partial charge in [-0.2, -0.15) is 0 Å². The molecule has 6 nitrogen and oxygen atoms in total. The zero-order valence-electron chi connectivity index (χ0n) is 10.9. The van der Waals surface area contributed by atoms with E-state index in [1.807, 2.05) is 13.8 Å². The highest BCUT2D eigenvalue weighted by atomic mass is 16.4. The Bertz CT molecular complexity index is 306. The molecule has 3 N–H and O–H groups in total. The van der Waals surface area contributed by atoms with E-state index in [4.69, 9.17) is 5.11 Å². The first-order valence-electron chi connectivity index (χ1n) is 6.35. The van der Waals surface area contributed by atoms with Gasteiger partial charge in [-0.1, -0.05) is 13.8 Å². The predicted octanol–water partition coefficient (Wildman–Crippen LogP) is -0.189. The smallest absolute Gasteiger partial charge is 0.326 e. The molecule has 0 aromatic rings. The fourth-order valence-electron chi connectivity index (χ4n) is 2.10. The largest absolute Gasteiger partial charge is 0.480 e. The lowest BCUT2D eigenvalue weighted by Gasteiger charge is -2.21. The second-order valence-corrected chi connectivity index (χ2v) is 5.00. The summed E-state index contributed by atoms with van der Waals surface area (Å²) in [7, 11) is 0. The van der Waals surface area contributed by atoms with E-state index in [1.165, 1.54) is 4.90 Å². The molecular weight excluding hydrogens is 236 g/mol. The van der Waals surface area contributed by atoms with Crippen molar-refractivity contribution < 1.29 is 19.8 Å². The number of hydrogen-bond donors (Lipinski definition) is 3. The lowest BCUT2D eigenvalue weighted by Crippen LogP contribution is -2.40. The molecule has 0 aliphatic carbocycles. The molecule has 1 amide bonds. The monoisotopic (exact) mass is 258 g/mol. The number of hydrogen-bond acceptors (Lipinski definition) is 4. The highest BCUT2D eigenvalue weighted by molar-refractivity contribution is 5.84. The Balaban J connectivity index is 2.38. The van der Waals surface area contributed by atoms with Crippen molar-refractivity contribution in [3.8, 4) is 0 Å². The maximum Gasteiger partial charge on any atom is 0.326 e. The third kappa shape index (κ3) is 4.27. The molecule has 104 valence electrons. The number of carbonyl (C=O) groups excluding carboxylic acids is 1. The normalized spacial score (nSPS) is 23.7. The number of amides is 1. The molecule has 6 heteroatoms. The van der Waals surface area contributed by atoms with E-state index in [1.54, 1.807) is 0 Å². The Kier molecular flexibility index (Phi) is 5.55. The summed E-state index contributed by atoms with van der Waals surface area (Å²) >= 11 is 0. The van der Waals surface area contributed by atoms with Crippen molar-refractivity contribution in [2.24, 2.45) is 0 Å². The number of rotatable bonds is 6. The van der Waals surface area contributed by atoms with Gasteiger partial charge in [-0.15, -0.1) is 0 Å². The third-order valence-corrected chi connectivity index (χ3v) is 3.00. The molecule has 1 heterocycles. The Labute approximate surface area is 107 Å². The van der Waals surface area contributed by atoms with Gasteiger partial charge >= 0.3 is 5.97 Å². The number of carbonyl (C=O) groups is 2. The molecule has 1 rings (SSSR count). The maximum atomic E-state index is 11.9. The van der Waals surface area contributed by atoms with E-state index in [0.29, 0.717) is 18.9 Å². The Hall–Kier alpha value is -1.14. The van der Waals surface area contributed by atoms with Crippen LogP contribution in [0, 0.1) is 0 Å². The van der Waals surface area contributed by atoms with Gasteiger partial charge in [-0.3, -0.25) is 4.79 Å². The van der Waals surface area contributed by atoms with Crippen molar-refractivity contribution in [2.45, 2.75) is 51.3 Å². The van der Waals surface area contributed by atoms with Crippen LogP contribution in [-0.4, -0.2) is 58.3 Å². The number of nitrogens with one attached hydrogen (secondary N) is 1. The van der Waals surface area contributed by atoms with Crippen LogP contribution in [-0.2, 0) is 9.59 Å². The number of carboxylic acids is 1. The van der Waals surface area contributed by atoms with Crippen LogP contribution < -0.4 is 5.32 Å². The first-order valence-corrected chi connectivity index (χ1v) is 6.35. The van der Waals surface area contributed by atoms with Gasteiger partial charge in [0.1, 0.15) is 6.04 Å². The van der Waals surface area contributed by atoms with Gasteiger partial charge in [0.15, 0.2) is 0 Å². The average Bonchev–Trinajstić information content (AvgIpc) is 2.66. The van der Waals surface area contributed by atoms with Gasteiger partial charge < -0.3 is 20.4 Å². The molecule has 0 spiro atoms. The highest BCUT2D eigenvalue weighted by Crippen LogP contribution is 2.19. The minimum atomic E-state index is -1.04. The second-order valence-electron chi connectivity index (χ2n) is 5.00. The number of nitrogens with zero attached hydrogens (tertiary/aromatic N) is 1. The van der Waals surface area contributed by atoms with Crippen LogP contribution in [0.4, 0.5) is 0 Å². The standard InChI is InChI=1S/C12H22N2O4/c1-8(2)13-5-3-4-11(16)14-7-9(15)6-10(14)12(17)18/h8-10,13,15H,3-7H2,1-2H3,(H,17,18)/t9-,10-/m0/s1. The zero-order chi connectivity index (χ0) is 13.7. The Morgan fingerprint density at radius 1 is 1.44 bits per heavy atom. The molecule has 0 saturated carbocycles. The van der Waals surface area contributed by atoms with Crippen LogP contribution in [0.3, 0.4) is 0 Å². The summed E-state index contributed by atoms with van der Waals surface area (Å²) in [5.41, 5.74) is 0. The summed E-state index contributed by atoms with van der Waals surface area (Å²) in [6, 6.07) is -0.494. The van der Waals surface area contributed by atoms with Gasteiger partial charge in [0.2, 0.25) is 5.91 Å². The first-order chi connectivity index (χ1) is 8.41. The predicted molar refractivity (Wildman–Crippen MR) is 66.1 cm³/mol. The summed E-state index contributed by atoms with van der Waals surface area (Å²) in [5, 5.41) is 21.6. The van der Waals surface area contributed by atoms with Crippen molar-refractivity contribution in [1.29, 1.82) is 0 Å². The number of carboxylic acid groups (broad SMARTS) is 1. The molecule has 0 bridgehead atoms. The van der Waals surface area contributed by atoms with Crippen LogP contribution in [0.1, 0.15) is 33.1 Å². The van der Waals surface area contributed by atoms with Crippen LogP contribution in [0.2, 0.25) is 0 Å². The van der Waals surface area contributed by atoms with Crippen LogP contribution in [0.5, 0.6) is 0 Å².